The van der Waals surface area contributed by atoms with Crippen molar-refractivity contribution in [3.05, 3.63) is 30.2 Å². The van der Waals surface area contributed by atoms with Gasteiger partial charge in [0.1, 0.15) is 5.75 Å². The molecule has 0 N–H and O–H groups in total. The summed E-state index contributed by atoms with van der Waals surface area (Å²) in [6.07, 6.45) is 7.69. The normalized spacial score (nSPS) is 22.9. The second kappa shape index (κ2) is 9.79. The molecule has 1 aliphatic carbocycles. The van der Waals surface area contributed by atoms with Gasteiger partial charge in [-0.15, -0.1) is 0 Å². The van der Waals surface area contributed by atoms with Crippen molar-refractivity contribution in [1.29, 1.82) is 0 Å². The first-order valence-electron chi connectivity index (χ1n) is 11.5. The molecule has 32 heavy (non-hydrogen) atoms. The minimum absolute atomic E-state index is 0.147. The summed E-state index contributed by atoms with van der Waals surface area (Å²) in [6, 6.07) is 6.68. The monoisotopic (exact) mass is 463 g/mol. The molecule has 0 radical (unpaired) electrons. The number of piperidine rings is 1. The van der Waals surface area contributed by atoms with Crippen molar-refractivity contribution in [3.8, 4) is 5.75 Å². The van der Waals surface area contributed by atoms with E-state index in [-0.39, 0.29) is 24.2 Å². The van der Waals surface area contributed by atoms with E-state index in [0.717, 1.165) is 57.4 Å². The smallest absolute Gasteiger partial charge is 0.266 e. The summed E-state index contributed by atoms with van der Waals surface area (Å²) in [6.45, 7) is 5.85. The molecule has 2 heterocycles. The molecular formula is C23H33N3O5S. The minimum Gasteiger partial charge on any atom is -0.490 e. The molecule has 2 aromatic rings. The molecule has 1 saturated carbocycles. The van der Waals surface area contributed by atoms with Gasteiger partial charge in [0.25, 0.3) is 5.95 Å². The van der Waals surface area contributed by atoms with Crippen molar-refractivity contribution >= 4 is 15.8 Å². The van der Waals surface area contributed by atoms with Crippen LogP contribution in [-0.4, -0.2) is 56.2 Å². The largest absolute Gasteiger partial charge is 0.490 e. The van der Waals surface area contributed by atoms with E-state index in [4.69, 9.17) is 14.0 Å². The van der Waals surface area contributed by atoms with E-state index in [2.05, 4.69) is 15.0 Å². The number of anilines is 1. The number of nitrogens with zero attached hydrogens (tertiary/aromatic N) is 3. The molecular weight excluding hydrogens is 430 g/mol. The van der Waals surface area contributed by atoms with Crippen LogP contribution in [0.5, 0.6) is 5.75 Å². The molecule has 1 aliphatic heterocycles. The molecule has 2 fully saturated rings. The molecule has 0 amide bonds. The highest BCUT2D eigenvalue weighted by atomic mass is 32.2. The lowest BCUT2D eigenvalue weighted by atomic mass is 9.94. The lowest BCUT2D eigenvalue weighted by molar-refractivity contribution is -0.0528. The third-order valence-electron chi connectivity index (χ3n) is 6.21. The molecule has 1 aromatic carbocycles. The maximum Gasteiger partial charge on any atom is 0.266 e. The van der Waals surface area contributed by atoms with E-state index in [1.807, 2.05) is 13.8 Å². The van der Waals surface area contributed by atoms with Crippen molar-refractivity contribution in [2.24, 2.45) is 0 Å². The van der Waals surface area contributed by atoms with E-state index in [1.54, 1.807) is 24.3 Å². The molecule has 8 nitrogen and oxygen atoms in total. The Bertz CT molecular complexity index is 973. The van der Waals surface area contributed by atoms with E-state index in [0.29, 0.717) is 16.7 Å². The van der Waals surface area contributed by atoms with Crippen LogP contribution in [0, 0.1) is 0 Å². The highest BCUT2D eigenvalue weighted by molar-refractivity contribution is 7.90. The summed E-state index contributed by atoms with van der Waals surface area (Å²) in [5, 5.41) is 4.12. The number of hydrogen-bond acceptors (Lipinski definition) is 8. The SMILES string of the molecule is CC(C)c1nc(N2CCC(O[C@H]3CC[C@H](Oc4ccc(S(C)(=O)=O)cc4)CC3)CC2)no1. The third-order valence-corrected chi connectivity index (χ3v) is 7.34. The molecule has 9 heteroatoms. The minimum atomic E-state index is -3.18. The van der Waals surface area contributed by atoms with Gasteiger partial charge in [-0.3, -0.25) is 0 Å². The Balaban J connectivity index is 1.18. The Hall–Kier alpha value is -2.13. The van der Waals surface area contributed by atoms with Gasteiger partial charge >= 0.3 is 0 Å². The zero-order valence-electron chi connectivity index (χ0n) is 19.1. The first kappa shape index (κ1) is 23.0. The Morgan fingerprint density at radius 1 is 0.969 bits per heavy atom. The average Bonchev–Trinajstić information content (AvgIpc) is 3.26. The first-order chi connectivity index (χ1) is 15.3. The predicted octanol–water partition coefficient (Wildman–Crippen LogP) is 3.97. The van der Waals surface area contributed by atoms with Crippen LogP contribution in [0.2, 0.25) is 0 Å². The number of hydrogen-bond donors (Lipinski definition) is 0. The maximum absolute atomic E-state index is 11.6. The van der Waals surface area contributed by atoms with Crippen molar-refractivity contribution in [1.82, 2.24) is 10.1 Å². The third kappa shape index (κ3) is 5.81. The summed E-state index contributed by atoms with van der Waals surface area (Å²) >= 11 is 0. The topological polar surface area (TPSA) is 94.8 Å². The number of benzene rings is 1. The van der Waals surface area contributed by atoms with E-state index >= 15 is 0 Å². The van der Waals surface area contributed by atoms with Gasteiger partial charge in [-0.25, -0.2) is 8.42 Å². The second-order valence-corrected chi connectivity index (χ2v) is 11.2. The summed E-state index contributed by atoms with van der Waals surface area (Å²) in [4.78, 5) is 6.99. The highest BCUT2D eigenvalue weighted by Crippen LogP contribution is 2.29. The van der Waals surface area contributed by atoms with Crippen molar-refractivity contribution in [2.45, 2.75) is 81.5 Å². The lowest BCUT2D eigenvalue weighted by Crippen LogP contribution is -2.40. The molecule has 1 aromatic heterocycles. The summed E-state index contributed by atoms with van der Waals surface area (Å²) in [7, 11) is -3.18. The van der Waals surface area contributed by atoms with Crippen LogP contribution in [0.4, 0.5) is 5.95 Å². The Morgan fingerprint density at radius 3 is 2.12 bits per heavy atom. The second-order valence-electron chi connectivity index (χ2n) is 9.17. The fourth-order valence-electron chi connectivity index (χ4n) is 4.30. The number of rotatable bonds is 7. The molecule has 0 atom stereocenters. The van der Waals surface area contributed by atoms with Gasteiger partial charge in [0, 0.05) is 25.3 Å². The zero-order valence-corrected chi connectivity index (χ0v) is 19.9. The van der Waals surface area contributed by atoms with Crippen LogP contribution in [0.15, 0.2) is 33.7 Å². The number of ether oxygens (including phenoxy) is 2. The fourth-order valence-corrected chi connectivity index (χ4v) is 4.93. The predicted molar refractivity (Wildman–Crippen MR) is 121 cm³/mol. The molecule has 2 aliphatic rings. The zero-order chi connectivity index (χ0) is 22.7. The number of aromatic nitrogens is 2. The quantitative estimate of drug-likeness (QED) is 0.609. The van der Waals surface area contributed by atoms with Crippen LogP contribution < -0.4 is 9.64 Å². The Labute approximate surface area is 190 Å². The van der Waals surface area contributed by atoms with Crippen molar-refractivity contribution in [3.63, 3.8) is 0 Å². The molecule has 0 spiro atoms. The van der Waals surface area contributed by atoms with Crippen LogP contribution in [0.3, 0.4) is 0 Å². The van der Waals surface area contributed by atoms with Gasteiger partial charge in [0.2, 0.25) is 5.89 Å². The molecule has 1 saturated heterocycles. The molecule has 176 valence electrons. The van der Waals surface area contributed by atoms with Gasteiger partial charge in [-0.2, -0.15) is 4.98 Å². The first-order valence-corrected chi connectivity index (χ1v) is 13.4. The van der Waals surface area contributed by atoms with E-state index < -0.39 is 9.84 Å². The molecule has 4 rings (SSSR count). The Kier molecular flexibility index (Phi) is 7.05. The van der Waals surface area contributed by atoms with Gasteiger partial charge in [0.15, 0.2) is 9.84 Å². The lowest BCUT2D eigenvalue weighted by Gasteiger charge is -2.35. The van der Waals surface area contributed by atoms with Gasteiger partial charge in [-0.05, 0) is 67.9 Å². The highest BCUT2D eigenvalue weighted by Gasteiger charge is 2.28. The summed E-state index contributed by atoms with van der Waals surface area (Å²) in [5.74, 6) is 2.33. The van der Waals surface area contributed by atoms with Gasteiger partial charge in [0.05, 0.1) is 23.2 Å². The van der Waals surface area contributed by atoms with E-state index in [1.165, 1.54) is 6.26 Å². The van der Waals surface area contributed by atoms with E-state index in [9.17, 15) is 8.42 Å². The fraction of sp³-hybridized carbons (Fsp3) is 0.652. The Morgan fingerprint density at radius 2 is 1.56 bits per heavy atom. The van der Waals surface area contributed by atoms with Crippen LogP contribution in [0.25, 0.3) is 0 Å². The van der Waals surface area contributed by atoms with Gasteiger partial charge in [-0.1, -0.05) is 13.8 Å². The summed E-state index contributed by atoms with van der Waals surface area (Å²) in [5.41, 5.74) is 0. The standard InChI is InChI=1S/C23H33N3O5S/c1-16(2)22-24-23(25-31-22)26-14-12-20(13-15-26)30-18-6-4-17(5-7-18)29-19-8-10-21(11-9-19)32(3,27)28/h8-11,16-18,20H,4-7,12-15H2,1-3H3/t17-,18-. The van der Waals surface area contributed by atoms with Gasteiger partial charge < -0.3 is 18.9 Å². The van der Waals surface area contributed by atoms with Crippen LogP contribution in [-0.2, 0) is 14.6 Å². The average molecular weight is 464 g/mol. The van der Waals surface area contributed by atoms with Crippen LogP contribution in [0.1, 0.15) is 64.2 Å². The maximum atomic E-state index is 11.6. The molecule has 0 unspecified atom stereocenters. The van der Waals surface area contributed by atoms with Crippen molar-refractivity contribution in [2.75, 3.05) is 24.2 Å². The molecule has 0 bridgehead atoms. The summed E-state index contributed by atoms with van der Waals surface area (Å²) < 4.78 is 41.0. The number of sulfone groups is 1. The van der Waals surface area contributed by atoms with Crippen LogP contribution >= 0.6 is 0 Å². The van der Waals surface area contributed by atoms with Crippen molar-refractivity contribution < 1.29 is 22.4 Å².